The summed E-state index contributed by atoms with van der Waals surface area (Å²) in [7, 11) is -1.44. The molecule has 32 heavy (non-hydrogen) atoms. The zero-order chi connectivity index (χ0) is 22.7. The van der Waals surface area contributed by atoms with Crippen LogP contribution in [0.3, 0.4) is 0 Å². The Bertz CT molecular complexity index is 1090. The van der Waals surface area contributed by atoms with Crippen LogP contribution >= 0.6 is 0 Å². The number of carbonyl (C=O) groups excluding carboxylic acids is 2. The maximum absolute atomic E-state index is 12.8. The molecule has 2 aromatic carbocycles. The van der Waals surface area contributed by atoms with Crippen LogP contribution in [0.15, 0.2) is 48.5 Å². The number of anilines is 2. The van der Waals surface area contributed by atoms with E-state index in [1.165, 1.54) is 10.7 Å². The van der Waals surface area contributed by atoms with Crippen LogP contribution in [-0.2, 0) is 10.0 Å². The zero-order valence-electron chi connectivity index (χ0n) is 18.3. The Kier molecular flexibility index (Phi) is 6.50. The Hall–Kier alpha value is -2.87. The molecule has 0 bridgehead atoms. The van der Waals surface area contributed by atoms with Crippen LogP contribution in [0.25, 0.3) is 0 Å². The van der Waals surface area contributed by atoms with Gasteiger partial charge >= 0.3 is 0 Å². The van der Waals surface area contributed by atoms with Gasteiger partial charge in [-0.05, 0) is 61.7 Å². The van der Waals surface area contributed by atoms with Crippen LogP contribution in [0.1, 0.15) is 59.2 Å². The Labute approximate surface area is 189 Å². The summed E-state index contributed by atoms with van der Waals surface area (Å²) in [5.74, 6) is -0.208. The lowest BCUT2D eigenvalue weighted by Gasteiger charge is -2.31. The number of sulfonamides is 1. The van der Waals surface area contributed by atoms with Crippen molar-refractivity contribution in [1.82, 2.24) is 4.90 Å². The standard InChI is InChI=1S/C24H29N3O4S/c1-26(21-8-3-2-4-9-21)24(29)18-11-13-20(14-12-18)25-23(28)19-7-5-10-22(17-19)27-15-6-16-32(27,30)31/h5,7,10-14,17,21H,2-4,6,8-9,15-16H2,1H3,(H,25,28). The molecule has 0 unspecified atom stereocenters. The molecule has 2 aromatic rings. The van der Waals surface area contributed by atoms with Gasteiger partial charge in [0.1, 0.15) is 0 Å². The first kappa shape index (κ1) is 22.3. The van der Waals surface area contributed by atoms with Gasteiger partial charge in [-0.1, -0.05) is 25.3 Å². The first-order valence-electron chi connectivity index (χ1n) is 11.1. The molecule has 2 amide bonds. The molecule has 1 aliphatic heterocycles. The van der Waals surface area contributed by atoms with Crippen molar-refractivity contribution in [3.63, 3.8) is 0 Å². The highest BCUT2D eigenvalue weighted by Gasteiger charge is 2.28. The largest absolute Gasteiger partial charge is 0.339 e. The van der Waals surface area contributed by atoms with Gasteiger partial charge in [0.2, 0.25) is 10.0 Å². The summed E-state index contributed by atoms with van der Waals surface area (Å²) >= 11 is 0. The molecule has 2 aliphatic rings. The van der Waals surface area contributed by atoms with Gasteiger partial charge in [0.25, 0.3) is 11.8 Å². The highest BCUT2D eigenvalue weighted by molar-refractivity contribution is 7.93. The summed E-state index contributed by atoms with van der Waals surface area (Å²) in [5, 5.41) is 2.82. The van der Waals surface area contributed by atoms with Gasteiger partial charge in [-0.3, -0.25) is 13.9 Å². The molecule has 7 nitrogen and oxygen atoms in total. The SMILES string of the molecule is CN(C(=O)c1ccc(NC(=O)c2cccc(N3CCCS3(=O)=O)c2)cc1)C1CCCCC1. The maximum Gasteiger partial charge on any atom is 0.255 e. The summed E-state index contributed by atoms with van der Waals surface area (Å²) in [4.78, 5) is 27.4. The second-order valence-corrected chi connectivity index (χ2v) is 10.5. The first-order valence-corrected chi connectivity index (χ1v) is 12.8. The zero-order valence-corrected chi connectivity index (χ0v) is 19.1. The number of hydrogen-bond donors (Lipinski definition) is 1. The number of nitrogens with zero attached hydrogens (tertiary/aromatic N) is 2. The summed E-state index contributed by atoms with van der Waals surface area (Å²) in [6, 6.07) is 13.8. The molecule has 0 atom stereocenters. The number of nitrogens with one attached hydrogen (secondary N) is 1. The molecular weight excluding hydrogens is 426 g/mol. The van der Waals surface area contributed by atoms with E-state index in [-0.39, 0.29) is 17.6 Å². The van der Waals surface area contributed by atoms with Crippen molar-refractivity contribution in [3.05, 3.63) is 59.7 Å². The minimum atomic E-state index is -3.30. The number of rotatable bonds is 5. The summed E-state index contributed by atoms with van der Waals surface area (Å²) in [6.07, 6.45) is 6.25. The molecule has 1 heterocycles. The van der Waals surface area contributed by atoms with Crippen LogP contribution in [0, 0.1) is 0 Å². The van der Waals surface area contributed by atoms with Gasteiger partial charge in [0.15, 0.2) is 0 Å². The third-order valence-corrected chi connectivity index (χ3v) is 8.20. The molecule has 2 fully saturated rings. The number of amides is 2. The lowest BCUT2D eigenvalue weighted by Crippen LogP contribution is -2.38. The molecule has 1 saturated heterocycles. The van der Waals surface area contributed by atoms with Crippen molar-refractivity contribution < 1.29 is 18.0 Å². The molecule has 0 radical (unpaired) electrons. The van der Waals surface area contributed by atoms with Gasteiger partial charge in [0.05, 0.1) is 11.4 Å². The van der Waals surface area contributed by atoms with E-state index in [2.05, 4.69) is 5.32 Å². The monoisotopic (exact) mass is 455 g/mol. The van der Waals surface area contributed by atoms with Crippen molar-refractivity contribution in [2.75, 3.05) is 29.0 Å². The van der Waals surface area contributed by atoms with Crippen molar-refractivity contribution in [2.45, 2.75) is 44.6 Å². The lowest BCUT2D eigenvalue weighted by molar-refractivity contribution is 0.0696. The Morgan fingerprint density at radius 1 is 0.969 bits per heavy atom. The number of hydrogen-bond acceptors (Lipinski definition) is 4. The Balaban J connectivity index is 1.42. The molecule has 1 saturated carbocycles. The quantitative estimate of drug-likeness (QED) is 0.741. The predicted molar refractivity (Wildman–Crippen MR) is 126 cm³/mol. The average Bonchev–Trinajstić information content (AvgIpc) is 3.18. The van der Waals surface area contributed by atoms with Crippen molar-refractivity contribution in [3.8, 4) is 0 Å². The minimum absolute atomic E-state index is 0.00528. The van der Waals surface area contributed by atoms with E-state index >= 15 is 0 Å². The third kappa shape index (κ3) is 4.80. The van der Waals surface area contributed by atoms with Crippen LogP contribution in [0.5, 0.6) is 0 Å². The van der Waals surface area contributed by atoms with Crippen LogP contribution < -0.4 is 9.62 Å². The fourth-order valence-corrected chi connectivity index (χ4v) is 6.03. The Morgan fingerprint density at radius 3 is 2.34 bits per heavy atom. The topological polar surface area (TPSA) is 86.8 Å². The van der Waals surface area contributed by atoms with E-state index in [9.17, 15) is 18.0 Å². The van der Waals surface area contributed by atoms with E-state index in [1.54, 1.807) is 48.5 Å². The van der Waals surface area contributed by atoms with Crippen LogP contribution in [0.4, 0.5) is 11.4 Å². The molecule has 0 aromatic heterocycles. The highest BCUT2D eigenvalue weighted by atomic mass is 32.2. The van der Waals surface area contributed by atoms with Gasteiger partial charge < -0.3 is 10.2 Å². The molecule has 1 N–H and O–H groups in total. The number of benzene rings is 2. The fraction of sp³-hybridized carbons (Fsp3) is 0.417. The lowest BCUT2D eigenvalue weighted by atomic mass is 9.94. The normalized spacial score (nSPS) is 18.3. The molecule has 170 valence electrons. The highest BCUT2D eigenvalue weighted by Crippen LogP contribution is 2.26. The van der Waals surface area contributed by atoms with E-state index in [1.807, 2.05) is 11.9 Å². The average molecular weight is 456 g/mol. The molecule has 0 spiro atoms. The van der Waals surface area contributed by atoms with Crippen LogP contribution in [0.2, 0.25) is 0 Å². The molecular formula is C24H29N3O4S. The van der Waals surface area contributed by atoms with E-state index in [4.69, 9.17) is 0 Å². The second kappa shape index (κ2) is 9.32. The van der Waals surface area contributed by atoms with Gasteiger partial charge in [-0.15, -0.1) is 0 Å². The molecule has 8 heteroatoms. The van der Waals surface area contributed by atoms with Gasteiger partial charge in [-0.25, -0.2) is 8.42 Å². The molecule has 4 rings (SSSR count). The van der Waals surface area contributed by atoms with Crippen molar-refractivity contribution >= 4 is 33.2 Å². The number of carbonyl (C=O) groups is 2. The smallest absolute Gasteiger partial charge is 0.255 e. The summed E-state index contributed by atoms with van der Waals surface area (Å²) in [6.45, 7) is 0.429. The minimum Gasteiger partial charge on any atom is -0.339 e. The van der Waals surface area contributed by atoms with E-state index in [0.717, 1.165) is 25.7 Å². The van der Waals surface area contributed by atoms with Crippen molar-refractivity contribution in [1.29, 1.82) is 0 Å². The molecule has 1 aliphatic carbocycles. The van der Waals surface area contributed by atoms with E-state index in [0.29, 0.717) is 41.5 Å². The third-order valence-electron chi connectivity index (χ3n) is 6.33. The maximum atomic E-state index is 12.8. The predicted octanol–water partition coefficient (Wildman–Crippen LogP) is 3.88. The Morgan fingerprint density at radius 2 is 1.69 bits per heavy atom. The second-order valence-electron chi connectivity index (χ2n) is 8.53. The van der Waals surface area contributed by atoms with Crippen molar-refractivity contribution in [2.24, 2.45) is 0 Å². The van der Waals surface area contributed by atoms with E-state index < -0.39 is 10.0 Å². The first-order chi connectivity index (χ1) is 15.3. The van der Waals surface area contributed by atoms with Gasteiger partial charge in [-0.2, -0.15) is 0 Å². The van der Waals surface area contributed by atoms with Crippen LogP contribution in [-0.4, -0.2) is 50.5 Å². The van der Waals surface area contributed by atoms with Gasteiger partial charge in [0, 0.05) is 36.4 Å². The summed E-state index contributed by atoms with van der Waals surface area (Å²) in [5.41, 5.74) is 2.05. The summed E-state index contributed by atoms with van der Waals surface area (Å²) < 4.78 is 25.7. The fourth-order valence-electron chi connectivity index (χ4n) is 4.47.